The molecular weight excluding hydrogens is 332 g/mol. The quantitative estimate of drug-likeness (QED) is 0.624. The van der Waals surface area contributed by atoms with Crippen molar-refractivity contribution in [3.05, 3.63) is 62.7 Å². The molecule has 0 aliphatic rings. The number of carbonyl (C=O) groups excluding carboxylic acids is 1. The number of para-hydroxylation sites is 1. The van der Waals surface area contributed by atoms with Crippen molar-refractivity contribution in [3.8, 4) is 5.75 Å². The summed E-state index contributed by atoms with van der Waals surface area (Å²) in [5.74, 6) is 0.477. The Kier molecular flexibility index (Phi) is 5.76. The van der Waals surface area contributed by atoms with Crippen LogP contribution in [0.2, 0.25) is 5.02 Å². The highest BCUT2D eigenvalue weighted by molar-refractivity contribution is 6.32. The Morgan fingerprint density at radius 1 is 1.25 bits per heavy atom. The Balaban J connectivity index is 1.92. The van der Waals surface area contributed by atoms with Crippen LogP contribution in [0.1, 0.15) is 17.5 Å². The van der Waals surface area contributed by atoms with Crippen molar-refractivity contribution >= 4 is 28.9 Å². The normalized spacial score (nSPS) is 10.3. The molecule has 0 bridgehead atoms. The predicted octanol–water partition coefficient (Wildman–Crippen LogP) is 4.27. The minimum absolute atomic E-state index is 0.0244. The van der Waals surface area contributed by atoms with Gasteiger partial charge in [-0.2, -0.15) is 0 Å². The molecule has 0 aromatic heterocycles. The van der Waals surface area contributed by atoms with Gasteiger partial charge in [-0.05, 0) is 37.1 Å². The summed E-state index contributed by atoms with van der Waals surface area (Å²) in [6.45, 7) is 4.09. The van der Waals surface area contributed by atoms with Gasteiger partial charge in [-0.1, -0.05) is 29.8 Å². The van der Waals surface area contributed by atoms with Crippen LogP contribution in [0.4, 0.5) is 11.4 Å². The fourth-order valence-electron chi connectivity index (χ4n) is 2.23. The molecule has 0 saturated heterocycles. The van der Waals surface area contributed by atoms with Gasteiger partial charge in [0.05, 0.1) is 18.0 Å². The Hall–Kier alpha value is -2.60. The number of hydrogen-bond donors (Lipinski definition) is 1. The van der Waals surface area contributed by atoms with Gasteiger partial charge in [-0.15, -0.1) is 0 Å². The zero-order valence-electron chi connectivity index (χ0n) is 13.3. The number of carbonyl (C=O) groups is 1. The number of rotatable bonds is 6. The average molecular weight is 349 g/mol. The van der Waals surface area contributed by atoms with Crippen LogP contribution in [0.5, 0.6) is 5.75 Å². The Morgan fingerprint density at radius 3 is 2.54 bits per heavy atom. The van der Waals surface area contributed by atoms with Gasteiger partial charge in [-0.25, -0.2) is 0 Å². The lowest BCUT2D eigenvalue weighted by molar-refractivity contribution is -0.384. The summed E-state index contributed by atoms with van der Waals surface area (Å²) in [7, 11) is 0. The number of aryl methyl sites for hydroxylation is 2. The molecule has 0 saturated carbocycles. The number of hydrogen-bond acceptors (Lipinski definition) is 4. The maximum Gasteiger partial charge on any atom is 0.289 e. The van der Waals surface area contributed by atoms with Crippen molar-refractivity contribution in [3.63, 3.8) is 0 Å². The minimum atomic E-state index is -0.595. The lowest BCUT2D eigenvalue weighted by atomic mass is 10.1. The molecule has 0 heterocycles. The number of nitrogens with zero attached hydrogens (tertiary/aromatic N) is 1. The van der Waals surface area contributed by atoms with E-state index < -0.39 is 4.92 Å². The molecular formula is C17H17ClN2O4. The fraction of sp³-hybridized carbons (Fsp3) is 0.235. The van der Waals surface area contributed by atoms with Crippen LogP contribution in [-0.2, 0) is 4.79 Å². The molecule has 1 amide bonds. The third kappa shape index (κ3) is 4.45. The maximum atomic E-state index is 11.9. The molecule has 2 rings (SSSR count). The van der Waals surface area contributed by atoms with Crippen molar-refractivity contribution < 1.29 is 14.5 Å². The molecule has 126 valence electrons. The van der Waals surface area contributed by atoms with E-state index in [9.17, 15) is 14.9 Å². The predicted molar refractivity (Wildman–Crippen MR) is 92.8 cm³/mol. The van der Waals surface area contributed by atoms with Gasteiger partial charge < -0.3 is 10.1 Å². The summed E-state index contributed by atoms with van der Waals surface area (Å²) >= 11 is 5.73. The first-order valence-electron chi connectivity index (χ1n) is 7.31. The molecule has 0 atom stereocenters. The number of nitrogens with one attached hydrogen (secondary N) is 1. The van der Waals surface area contributed by atoms with Gasteiger partial charge in [-0.3, -0.25) is 14.9 Å². The van der Waals surface area contributed by atoms with E-state index in [2.05, 4.69) is 5.32 Å². The molecule has 6 nitrogen and oxygen atoms in total. The molecule has 0 aliphatic carbocycles. The molecule has 0 unspecified atom stereocenters. The minimum Gasteiger partial charge on any atom is -0.493 e. The Labute approximate surface area is 144 Å². The monoisotopic (exact) mass is 348 g/mol. The lowest BCUT2D eigenvalue weighted by Gasteiger charge is -2.12. The van der Waals surface area contributed by atoms with E-state index in [1.54, 1.807) is 0 Å². The van der Waals surface area contributed by atoms with Crippen LogP contribution in [0.3, 0.4) is 0 Å². The number of anilines is 1. The van der Waals surface area contributed by atoms with Gasteiger partial charge in [0, 0.05) is 11.8 Å². The van der Waals surface area contributed by atoms with E-state index in [4.69, 9.17) is 16.3 Å². The summed E-state index contributed by atoms with van der Waals surface area (Å²) in [5.41, 5.74) is 2.08. The first-order chi connectivity index (χ1) is 11.4. The third-order valence-corrected chi connectivity index (χ3v) is 3.73. The summed E-state index contributed by atoms with van der Waals surface area (Å²) in [4.78, 5) is 22.2. The fourth-order valence-corrected chi connectivity index (χ4v) is 2.41. The zero-order chi connectivity index (χ0) is 17.7. The van der Waals surface area contributed by atoms with Gasteiger partial charge in [0.15, 0.2) is 0 Å². The van der Waals surface area contributed by atoms with Gasteiger partial charge >= 0.3 is 0 Å². The smallest absolute Gasteiger partial charge is 0.289 e. The highest BCUT2D eigenvalue weighted by Gasteiger charge is 2.14. The summed E-state index contributed by atoms with van der Waals surface area (Å²) in [6.07, 6.45) is 0.129. The first-order valence-corrected chi connectivity index (χ1v) is 7.69. The Morgan fingerprint density at radius 2 is 1.92 bits per heavy atom. The highest BCUT2D eigenvalue weighted by Crippen LogP contribution is 2.27. The van der Waals surface area contributed by atoms with Crippen LogP contribution in [0.15, 0.2) is 36.4 Å². The number of nitro groups is 1. The number of nitro benzene ring substituents is 1. The standard InChI is InChI=1S/C17H17ClN2O4/c1-11-4-3-5-12(2)17(11)24-9-8-16(21)19-13-6-7-14(18)15(10-13)20(22)23/h3-7,10H,8-9H2,1-2H3,(H,19,21). The van der Waals surface area contributed by atoms with Crippen LogP contribution in [-0.4, -0.2) is 17.4 Å². The first kappa shape index (κ1) is 17.7. The van der Waals surface area contributed by atoms with Crippen LogP contribution >= 0.6 is 11.6 Å². The molecule has 2 aromatic carbocycles. The SMILES string of the molecule is Cc1cccc(C)c1OCCC(=O)Nc1ccc(Cl)c([N+](=O)[O-])c1. The van der Waals surface area contributed by atoms with E-state index >= 15 is 0 Å². The van der Waals surface area contributed by atoms with Crippen molar-refractivity contribution in [2.24, 2.45) is 0 Å². The maximum absolute atomic E-state index is 11.9. The van der Waals surface area contributed by atoms with Crippen LogP contribution in [0.25, 0.3) is 0 Å². The number of benzene rings is 2. The molecule has 0 radical (unpaired) electrons. The molecule has 0 aliphatic heterocycles. The largest absolute Gasteiger partial charge is 0.493 e. The molecule has 0 spiro atoms. The number of halogens is 1. The van der Waals surface area contributed by atoms with Crippen LogP contribution in [0, 0.1) is 24.0 Å². The summed E-state index contributed by atoms with van der Waals surface area (Å²) < 4.78 is 5.67. The second kappa shape index (κ2) is 7.79. The molecule has 7 heteroatoms. The molecule has 2 aromatic rings. The van der Waals surface area contributed by atoms with E-state index in [0.717, 1.165) is 16.9 Å². The Bertz CT molecular complexity index is 757. The summed E-state index contributed by atoms with van der Waals surface area (Å²) in [6, 6.07) is 9.94. The van der Waals surface area contributed by atoms with E-state index in [1.807, 2.05) is 32.0 Å². The van der Waals surface area contributed by atoms with Gasteiger partial charge in [0.25, 0.3) is 5.69 Å². The molecule has 24 heavy (non-hydrogen) atoms. The second-order valence-electron chi connectivity index (χ2n) is 5.29. The second-order valence-corrected chi connectivity index (χ2v) is 5.70. The van der Waals surface area contributed by atoms with Gasteiger partial charge in [0.1, 0.15) is 10.8 Å². The van der Waals surface area contributed by atoms with Crippen LogP contribution < -0.4 is 10.1 Å². The third-order valence-electron chi connectivity index (χ3n) is 3.41. The van der Waals surface area contributed by atoms with Crippen molar-refractivity contribution in [2.75, 3.05) is 11.9 Å². The zero-order valence-corrected chi connectivity index (χ0v) is 14.1. The van der Waals surface area contributed by atoms with E-state index in [-0.39, 0.29) is 29.6 Å². The topological polar surface area (TPSA) is 81.5 Å². The molecule has 1 N–H and O–H groups in total. The van der Waals surface area contributed by atoms with E-state index in [1.165, 1.54) is 18.2 Å². The molecule has 0 fully saturated rings. The van der Waals surface area contributed by atoms with Crippen molar-refractivity contribution in [2.45, 2.75) is 20.3 Å². The summed E-state index contributed by atoms with van der Waals surface area (Å²) in [5, 5.41) is 13.5. The van der Waals surface area contributed by atoms with Gasteiger partial charge in [0.2, 0.25) is 5.91 Å². The number of ether oxygens (including phenoxy) is 1. The van der Waals surface area contributed by atoms with Crippen molar-refractivity contribution in [1.29, 1.82) is 0 Å². The van der Waals surface area contributed by atoms with E-state index in [0.29, 0.717) is 5.69 Å². The number of amides is 1. The lowest BCUT2D eigenvalue weighted by Crippen LogP contribution is -2.15. The van der Waals surface area contributed by atoms with Crippen molar-refractivity contribution in [1.82, 2.24) is 0 Å². The average Bonchev–Trinajstić information content (AvgIpc) is 2.52. The highest BCUT2D eigenvalue weighted by atomic mass is 35.5.